The Morgan fingerprint density at radius 2 is 1.76 bits per heavy atom. The summed E-state index contributed by atoms with van der Waals surface area (Å²) in [6.07, 6.45) is 1.20. The van der Waals surface area contributed by atoms with Gasteiger partial charge in [-0.1, -0.05) is 48.5 Å². The van der Waals surface area contributed by atoms with Crippen molar-refractivity contribution in [1.29, 1.82) is 0 Å². The van der Waals surface area contributed by atoms with Crippen LogP contribution in [0.3, 0.4) is 0 Å². The van der Waals surface area contributed by atoms with Crippen molar-refractivity contribution in [1.82, 2.24) is 20.0 Å². The molecule has 0 radical (unpaired) electrons. The van der Waals surface area contributed by atoms with Crippen molar-refractivity contribution in [2.45, 2.75) is 24.9 Å². The zero-order valence-corrected chi connectivity index (χ0v) is 16.0. The van der Waals surface area contributed by atoms with Gasteiger partial charge in [-0.05, 0) is 24.5 Å². The number of para-hydroxylation sites is 1. The Labute approximate surface area is 168 Å². The number of amides is 2. The first kappa shape index (κ1) is 17.7. The smallest absolute Gasteiger partial charge is 0.410 e. The molecule has 2 aliphatic heterocycles. The van der Waals surface area contributed by atoms with Crippen molar-refractivity contribution in [2.24, 2.45) is 0 Å². The summed E-state index contributed by atoms with van der Waals surface area (Å²) in [7, 11) is 0. The largest absolute Gasteiger partial charge is 0.447 e. The van der Waals surface area contributed by atoms with Gasteiger partial charge >= 0.3 is 6.09 Å². The Bertz CT molecular complexity index is 1040. The fourth-order valence-corrected chi connectivity index (χ4v) is 4.39. The second-order valence-corrected chi connectivity index (χ2v) is 7.55. The molecule has 3 aromatic rings. The van der Waals surface area contributed by atoms with E-state index >= 15 is 0 Å². The first-order valence-electron chi connectivity index (χ1n) is 9.95. The highest BCUT2D eigenvalue weighted by Gasteiger charge is 2.40. The number of aromatic amines is 1. The first-order valence-corrected chi connectivity index (χ1v) is 9.95. The van der Waals surface area contributed by atoms with Crippen LogP contribution in [-0.4, -0.2) is 57.7 Å². The number of aromatic nitrogens is 2. The molecular weight excluding hydrogens is 368 g/mol. The molecule has 2 aromatic carbocycles. The predicted molar refractivity (Wildman–Crippen MR) is 107 cm³/mol. The molecule has 0 aliphatic carbocycles. The van der Waals surface area contributed by atoms with Crippen molar-refractivity contribution in [3.05, 3.63) is 65.9 Å². The summed E-state index contributed by atoms with van der Waals surface area (Å²) < 4.78 is 5.36. The highest BCUT2D eigenvalue weighted by atomic mass is 16.6. The Morgan fingerprint density at radius 1 is 1.03 bits per heavy atom. The van der Waals surface area contributed by atoms with Crippen LogP contribution in [0.2, 0.25) is 0 Å². The molecule has 2 saturated heterocycles. The van der Waals surface area contributed by atoms with Crippen molar-refractivity contribution in [3.8, 4) is 0 Å². The quantitative estimate of drug-likeness (QED) is 0.744. The van der Waals surface area contributed by atoms with Gasteiger partial charge in [0.2, 0.25) is 0 Å². The number of hydrogen-bond donors (Lipinski definition) is 1. The third-order valence-electron chi connectivity index (χ3n) is 5.91. The van der Waals surface area contributed by atoms with Gasteiger partial charge < -0.3 is 9.64 Å². The van der Waals surface area contributed by atoms with E-state index in [1.54, 1.807) is 0 Å². The number of nitrogens with zero attached hydrogens (tertiary/aromatic N) is 3. The van der Waals surface area contributed by atoms with E-state index < -0.39 is 0 Å². The van der Waals surface area contributed by atoms with Crippen molar-refractivity contribution >= 4 is 22.9 Å². The molecule has 7 heteroatoms. The number of carbonyl (C=O) groups is 2. The molecule has 148 valence electrons. The SMILES string of the molecule is O=C(c1n[nH]c2ccccc12)N1CCC(N2C(=O)OCC2c2ccccc2)CC1. The molecule has 2 amide bonds. The summed E-state index contributed by atoms with van der Waals surface area (Å²) in [5.74, 6) is -0.0653. The molecule has 0 saturated carbocycles. The molecule has 1 N–H and O–H groups in total. The second-order valence-electron chi connectivity index (χ2n) is 7.55. The summed E-state index contributed by atoms with van der Waals surface area (Å²) in [6.45, 7) is 1.56. The highest BCUT2D eigenvalue weighted by molar-refractivity contribution is 6.04. The average molecular weight is 390 g/mol. The standard InChI is InChI=1S/C22H22N4O3/c27-21(20-17-8-4-5-9-18(17)23-24-20)25-12-10-16(11-13-25)26-19(14-29-22(26)28)15-6-2-1-3-7-15/h1-9,16,19H,10-14H2,(H,23,24). The number of rotatable bonds is 3. The summed E-state index contributed by atoms with van der Waals surface area (Å²) >= 11 is 0. The summed E-state index contributed by atoms with van der Waals surface area (Å²) in [6, 6.07) is 17.6. The third-order valence-corrected chi connectivity index (χ3v) is 5.91. The van der Waals surface area contributed by atoms with Crippen LogP contribution in [0.5, 0.6) is 0 Å². The normalized spacial score (nSPS) is 20.3. The number of cyclic esters (lactones) is 1. The zero-order valence-electron chi connectivity index (χ0n) is 16.0. The van der Waals surface area contributed by atoms with E-state index in [0.29, 0.717) is 25.4 Å². The molecule has 2 aliphatic rings. The number of carbonyl (C=O) groups excluding carboxylic acids is 2. The van der Waals surface area contributed by atoms with E-state index in [9.17, 15) is 9.59 Å². The van der Waals surface area contributed by atoms with E-state index in [2.05, 4.69) is 10.2 Å². The third kappa shape index (κ3) is 3.12. The maximum absolute atomic E-state index is 13.0. The molecule has 1 unspecified atom stereocenters. The molecular formula is C22H22N4O3. The molecule has 3 heterocycles. The van der Waals surface area contributed by atoms with Crippen LogP contribution in [0.15, 0.2) is 54.6 Å². The maximum Gasteiger partial charge on any atom is 0.410 e. The number of piperidine rings is 1. The molecule has 1 aromatic heterocycles. The number of nitrogens with one attached hydrogen (secondary N) is 1. The van der Waals surface area contributed by atoms with E-state index in [1.807, 2.05) is 64.4 Å². The number of fused-ring (bicyclic) bond motifs is 1. The summed E-state index contributed by atoms with van der Waals surface area (Å²) in [5.41, 5.74) is 2.40. The minimum Gasteiger partial charge on any atom is -0.447 e. The average Bonchev–Trinajstić information content (AvgIpc) is 3.38. The molecule has 2 fully saturated rings. The van der Waals surface area contributed by atoms with Gasteiger partial charge in [0, 0.05) is 24.5 Å². The van der Waals surface area contributed by atoms with Gasteiger partial charge in [0.25, 0.3) is 5.91 Å². The Hall–Kier alpha value is -3.35. The molecule has 0 bridgehead atoms. The van der Waals surface area contributed by atoms with Crippen LogP contribution in [0.25, 0.3) is 10.9 Å². The minimum atomic E-state index is -0.262. The van der Waals surface area contributed by atoms with Gasteiger partial charge in [-0.25, -0.2) is 4.79 Å². The summed E-state index contributed by atoms with van der Waals surface area (Å²) in [5, 5.41) is 7.99. The highest BCUT2D eigenvalue weighted by Crippen LogP contribution is 2.33. The number of ether oxygens (including phenoxy) is 1. The van der Waals surface area contributed by atoms with Crippen molar-refractivity contribution in [3.63, 3.8) is 0 Å². The molecule has 5 rings (SSSR count). The van der Waals surface area contributed by atoms with Gasteiger partial charge in [-0.3, -0.25) is 14.8 Å². The van der Waals surface area contributed by atoms with Gasteiger partial charge in [-0.2, -0.15) is 5.10 Å². The minimum absolute atomic E-state index is 0.0637. The summed E-state index contributed by atoms with van der Waals surface area (Å²) in [4.78, 5) is 29.1. The molecule has 1 atom stereocenters. The Morgan fingerprint density at radius 3 is 2.55 bits per heavy atom. The van der Waals surface area contributed by atoms with Crippen molar-refractivity contribution < 1.29 is 14.3 Å². The number of likely N-dealkylation sites (tertiary alicyclic amines) is 1. The Balaban J connectivity index is 1.30. The predicted octanol–water partition coefficient (Wildman–Crippen LogP) is 3.36. The van der Waals surface area contributed by atoms with Gasteiger partial charge in [0.1, 0.15) is 6.61 Å². The van der Waals surface area contributed by atoms with E-state index in [4.69, 9.17) is 4.74 Å². The fourth-order valence-electron chi connectivity index (χ4n) is 4.39. The van der Waals surface area contributed by atoms with E-state index in [0.717, 1.165) is 29.3 Å². The van der Waals surface area contributed by atoms with Crippen LogP contribution < -0.4 is 0 Å². The van der Waals surface area contributed by atoms with E-state index in [1.165, 1.54) is 0 Å². The number of H-pyrrole nitrogens is 1. The van der Waals surface area contributed by atoms with Crippen LogP contribution >= 0.6 is 0 Å². The first-order chi connectivity index (χ1) is 14.2. The molecule has 0 spiro atoms. The van der Waals surface area contributed by atoms with Crippen LogP contribution in [-0.2, 0) is 4.74 Å². The van der Waals surface area contributed by atoms with E-state index in [-0.39, 0.29) is 24.1 Å². The lowest BCUT2D eigenvalue weighted by atomic mass is 9.99. The zero-order chi connectivity index (χ0) is 19.8. The second kappa shape index (κ2) is 7.24. The van der Waals surface area contributed by atoms with Gasteiger partial charge in [0.05, 0.1) is 11.6 Å². The van der Waals surface area contributed by atoms with Crippen molar-refractivity contribution in [2.75, 3.05) is 19.7 Å². The molecule has 29 heavy (non-hydrogen) atoms. The lowest BCUT2D eigenvalue weighted by Crippen LogP contribution is -2.47. The monoisotopic (exact) mass is 390 g/mol. The van der Waals surface area contributed by atoms with Crippen LogP contribution in [0, 0.1) is 0 Å². The Kier molecular flexibility index (Phi) is 4.42. The van der Waals surface area contributed by atoms with Crippen LogP contribution in [0.4, 0.5) is 4.79 Å². The number of benzene rings is 2. The topological polar surface area (TPSA) is 78.5 Å². The van der Waals surface area contributed by atoms with Gasteiger partial charge in [-0.15, -0.1) is 0 Å². The number of hydrogen-bond acceptors (Lipinski definition) is 4. The fraction of sp³-hybridized carbons (Fsp3) is 0.318. The van der Waals surface area contributed by atoms with Gasteiger partial charge in [0.15, 0.2) is 5.69 Å². The maximum atomic E-state index is 13.0. The van der Waals surface area contributed by atoms with Crippen LogP contribution in [0.1, 0.15) is 34.9 Å². The molecule has 7 nitrogen and oxygen atoms in total. The lowest BCUT2D eigenvalue weighted by Gasteiger charge is -2.37. The lowest BCUT2D eigenvalue weighted by molar-refractivity contribution is 0.0632.